The van der Waals surface area contributed by atoms with Crippen LogP contribution in [0.25, 0.3) is 11.1 Å². The molecule has 0 saturated carbocycles. The number of carbonyl (C=O) groups is 1. The summed E-state index contributed by atoms with van der Waals surface area (Å²) in [6.45, 7) is 3.67. The SMILES string of the molecule is CCc1nn(C)cc1-c1ccc(C(C)=O)cc1. The minimum Gasteiger partial charge on any atom is -0.295 e. The molecule has 1 aromatic carbocycles. The van der Waals surface area contributed by atoms with E-state index in [1.54, 1.807) is 6.92 Å². The molecule has 0 atom stereocenters. The lowest BCUT2D eigenvalue weighted by Crippen LogP contribution is -1.91. The second kappa shape index (κ2) is 4.53. The van der Waals surface area contributed by atoms with Gasteiger partial charge in [0, 0.05) is 24.4 Å². The predicted molar refractivity (Wildman–Crippen MR) is 68.0 cm³/mol. The Kier molecular flexibility index (Phi) is 3.09. The molecule has 0 aliphatic heterocycles. The first-order valence-electron chi connectivity index (χ1n) is 5.75. The number of carbonyl (C=O) groups excluding carboxylic acids is 1. The van der Waals surface area contributed by atoms with Gasteiger partial charge in [0.2, 0.25) is 0 Å². The second-order valence-electron chi connectivity index (χ2n) is 4.15. The van der Waals surface area contributed by atoms with E-state index in [2.05, 4.69) is 12.0 Å². The molecule has 17 heavy (non-hydrogen) atoms. The van der Waals surface area contributed by atoms with Crippen LogP contribution in [0.15, 0.2) is 30.5 Å². The smallest absolute Gasteiger partial charge is 0.159 e. The second-order valence-corrected chi connectivity index (χ2v) is 4.15. The first kappa shape index (κ1) is 11.6. The monoisotopic (exact) mass is 228 g/mol. The molecule has 3 heteroatoms. The van der Waals surface area contributed by atoms with Gasteiger partial charge in [0.1, 0.15) is 0 Å². The Morgan fingerprint density at radius 3 is 2.47 bits per heavy atom. The summed E-state index contributed by atoms with van der Waals surface area (Å²) in [6, 6.07) is 7.69. The largest absolute Gasteiger partial charge is 0.295 e. The van der Waals surface area contributed by atoms with E-state index in [0.29, 0.717) is 0 Å². The lowest BCUT2D eigenvalue weighted by Gasteiger charge is -2.01. The third kappa shape index (κ3) is 2.28. The average Bonchev–Trinajstić information content (AvgIpc) is 2.70. The van der Waals surface area contributed by atoms with Crippen molar-refractivity contribution in [2.45, 2.75) is 20.3 Å². The highest BCUT2D eigenvalue weighted by Crippen LogP contribution is 2.23. The third-order valence-electron chi connectivity index (χ3n) is 2.84. The van der Waals surface area contributed by atoms with Crippen molar-refractivity contribution in [2.75, 3.05) is 0 Å². The van der Waals surface area contributed by atoms with Gasteiger partial charge in [-0.1, -0.05) is 31.2 Å². The van der Waals surface area contributed by atoms with Crippen molar-refractivity contribution in [1.82, 2.24) is 9.78 Å². The Morgan fingerprint density at radius 2 is 1.94 bits per heavy atom. The van der Waals surface area contributed by atoms with E-state index in [0.717, 1.165) is 28.8 Å². The van der Waals surface area contributed by atoms with Crippen LogP contribution in [-0.2, 0) is 13.5 Å². The van der Waals surface area contributed by atoms with Crippen LogP contribution in [0.1, 0.15) is 29.9 Å². The van der Waals surface area contributed by atoms with E-state index in [-0.39, 0.29) is 5.78 Å². The van der Waals surface area contributed by atoms with Crippen LogP contribution in [0.5, 0.6) is 0 Å². The number of aromatic nitrogens is 2. The third-order valence-corrected chi connectivity index (χ3v) is 2.84. The molecule has 1 aromatic heterocycles. The van der Waals surface area contributed by atoms with E-state index in [4.69, 9.17) is 0 Å². The van der Waals surface area contributed by atoms with Crippen molar-refractivity contribution in [2.24, 2.45) is 7.05 Å². The highest BCUT2D eigenvalue weighted by molar-refractivity contribution is 5.94. The van der Waals surface area contributed by atoms with E-state index in [9.17, 15) is 4.79 Å². The summed E-state index contributed by atoms with van der Waals surface area (Å²) in [6.07, 6.45) is 2.92. The highest BCUT2D eigenvalue weighted by Gasteiger charge is 2.08. The molecule has 0 unspecified atom stereocenters. The van der Waals surface area contributed by atoms with Crippen LogP contribution < -0.4 is 0 Å². The van der Waals surface area contributed by atoms with Crippen LogP contribution in [0.2, 0.25) is 0 Å². The number of rotatable bonds is 3. The minimum atomic E-state index is 0.0958. The number of nitrogens with zero attached hydrogens (tertiary/aromatic N) is 2. The van der Waals surface area contributed by atoms with Gasteiger partial charge in [0.05, 0.1) is 5.69 Å². The Hall–Kier alpha value is -1.90. The summed E-state index contributed by atoms with van der Waals surface area (Å²) in [7, 11) is 1.92. The molecule has 2 aromatic rings. The maximum Gasteiger partial charge on any atom is 0.159 e. The molecule has 0 aliphatic carbocycles. The molecule has 0 N–H and O–H groups in total. The fraction of sp³-hybridized carbons (Fsp3) is 0.286. The molecule has 0 aliphatic rings. The van der Waals surface area contributed by atoms with Crippen LogP contribution in [0.4, 0.5) is 0 Å². The standard InChI is InChI=1S/C14H16N2O/c1-4-14-13(9-16(3)15-14)12-7-5-11(6-8-12)10(2)17/h5-9H,4H2,1-3H3. The zero-order valence-corrected chi connectivity index (χ0v) is 10.4. The van der Waals surface area contributed by atoms with Crippen molar-refractivity contribution in [1.29, 1.82) is 0 Å². The molecule has 0 spiro atoms. The fourth-order valence-corrected chi connectivity index (χ4v) is 1.92. The molecule has 0 saturated heterocycles. The average molecular weight is 228 g/mol. The van der Waals surface area contributed by atoms with Gasteiger partial charge < -0.3 is 0 Å². The molecular formula is C14H16N2O. The summed E-state index contributed by atoms with van der Waals surface area (Å²) in [5, 5.41) is 4.41. The number of ketones is 1. The van der Waals surface area contributed by atoms with Gasteiger partial charge in [0.15, 0.2) is 5.78 Å². The van der Waals surface area contributed by atoms with Gasteiger partial charge in [-0.15, -0.1) is 0 Å². The van der Waals surface area contributed by atoms with Crippen molar-refractivity contribution >= 4 is 5.78 Å². The molecular weight excluding hydrogens is 212 g/mol. The molecule has 0 fully saturated rings. The normalized spacial score (nSPS) is 10.5. The van der Waals surface area contributed by atoms with Crippen LogP contribution in [0.3, 0.4) is 0 Å². The molecule has 88 valence electrons. The first-order valence-corrected chi connectivity index (χ1v) is 5.75. The van der Waals surface area contributed by atoms with Crippen LogP contribution in [0, 0.1) is 0 Å². The van der Waals surface area contributed by atoms with E-state index >= 15 is 0 Å². The number of hydrogen-bond acceptors (Lipinski definition) is 2. The Bertz CT molecular complexity index is 538. The topological polar surface area (TPSA) is 34.9 Å². The Morgan fingerprint density at radius 1 is 1.29 bits per heavy atom. The number of hydrogen-bond donors (Lipinski definition) is 0. The molecule has 2 rings (SSSR count). The van der Waals surface area contributed by atoms with Crippen molar-refractivity contribution < 1.29 is 4.79 Å². The van der Waals surface area contributed by atoms with Gasteiger partial charge >= 0.3 is 0 Å². The number of aryl methyl sites for hydroxylation is 2. The van der Waals surface area contributed by atoms with Crippen molar-refractivity contribution in [3.63, 3.8) is 0 Å². The summed E-state index contributed by atoms with van der Waals surface area (Å²) in [5.74, 6) is 0.0958. The molecule has 0 amide bonds. The van der Waals surface area contributed by atoms with Gasteiger partial charge in [-0.25, -0.2) is 0 Å². The summed E-state index contributed by atoms with van der Waals surface area (Å²) >= 11 is 0. The Balaban J connectivity index is 2.42. The molecule has 0 bridgehead atoms. The van der Waals surface area contributed by atoms with Crippen LogP contribution >= 0.6 is 0 Å². The lowest BCUT2D eigenvalue weighted by molar-refractivity contribution is 0.101. The predicted octanol–water partition coefficient (Wildman–Crippen LogP) is 2.85. The fourth-order valence-electron chi connectivity index (χ4n) is 1.92. The first-order chi connectivity index (χ1) is 8.11. The lowest BCUT2D eigenvalue weighted by atomic mass is 10.0. The highest BCUT2D eigenvalue weighted by atomic mass is 16.1. The van der Waals surface area contributed by atoms with E-state index < -0.39 is 0 Å². The van der Waals surface area contributed by atoms with Gasteiger partial charge in [-0.05, 0) is 18.9 Å². The molecule has 3 nitrogen and oxygen atoms in total. The van der Waals surface area contributed by atoms with E-state index in [1.807, 2.05) is 42.2 Å². The summed E-state index contributed by atoms with van der Waals surface area (Å²) < 4.78 is 1.83. The summed E-state index contributed by atoms with van der Waals surface area (Å²) in [5.41, 5.74) is 4.09. The summed E-state index contributed by atoms with van der Waals surface area (Å²) in [4.78, 5) is 11.2. The zero-order chi connectivity index (χ0) is 12.4. The molecule has 0 radical (unpaired) electrons. The minimum absolute atomic E-state index is 0.0958. The maximum atomic E-state index is 11.2. The quantitative estimate of drug-likeness (QED) is 0.757. The zero-order valence-electron chi connectivity index (χ0n) is 10.4. The van der Waals surface area contributed by atoms with Gasteiger partial charge in [0.25, 0.3) is 0 Å². The number of Topliss-reactive ketones (excluding diaryl/α,β-unsaturated/α-hetero) is 1. The van der Waals surface area contributed by atoms with Crippen molar-refractivity contribution in [3.05, 3.63) is 41.7 Å². The van der Waals surface area contributed by atoms with Crippen molar-refractivity contribution in [3.8, 4) is 11.1 Å². The van der Waals surface area contributed by atoms with Crippen LogP contribution in [-0.4, -0.2) is 15.6 Å². The van der Waals surface area contributed by atoms with Gasteiger partial charge in [-0.2, -0.15) is 5.10 Å². The Labute approximate surface area is 101 Å². The van der Waals surface area contributed by atoms with Gasteiger partial charge in [-0.3, -0.25) is 9.48 Å². The maximum absolute atomic E-state index is 11.2. The molecule has 1 heterocycles. The number of benzene rings is 1. The van der Waals surface area contributed by atoms with E-state index in [1.165, 1.54) is 0 Å².